The second-order valence-corrected chi connectivity index (χ2v) is 6.06. The van der Waals surface area contributed by atoms with Gasteiger partial charge < -0.3 is 4.90 Å². The van der Waals surface area contributed by atoms with Crippen molar-refractivity contribution in [2.24, 2.45) is 0 Å². The van der Waals surface area contributed by atoms with Gasteiger partial charge in [0.2, 0.25) is 5.91 Å². The van der Waals surface area contributed by atoms with Crippen molar-refractivity contribution < 1.29 is 4.79 Å². The molecular weight excluding hydrogens is 278 g/mol. The average Bonchev–Trinajstić information content (AvgIpc) is 2.42. The Hall–Kier alpha value is -2.17. The smallest absolute Gasteiger partial charge is 0.261 e. The third-order valence-electron chi connectivity index (χ3n) is 3.75. The van der Waals surface area contributed by atoms with E-state index >= 15 is 0 Å². The number of carbonyl (C=O) groups excluding carboxylic acids is 1. The van der Waals surface area contributed by atoms with Gasteiger partial charge in [0.25, 0.3) is 5.56 Å². The summed E-state index contributed by atoms with van der Waals surface area (Å²) in [6, 6.07) is 7.40. The van der Waals surface area contributed by atoms with Crippen LogP contribution in [-0.4, -0.2) is 32.4 Å². The van der Waals surface area contributed by atoms with E-state index in [1.54, 1.807) is 24.0 Å². The summed E-state index contributed by atoms with van der Waals surface area (Å²) < 4.78 is 1.46. The Bertz CT molecular complexity index is 739. The van der Waals surface area contributed by atoms with Crippen molar-refractivity contribution in [1.29, 1.82) is 0 Å². The van der Waals surface area contributed by atoms with Gasteiger partial charge in [-0.3, -0.25) is 14.2 Å². The molecule has 0 unspecified atom stereocenters. The lowest BCUT2D eigenvalue weighted by Gasteiger charge is -2.31. The predicted octanol–water partition coefficient (Wildman–Crippen LogP) is 2.35. The average molecular weight is 301 g/mol. The molecule has 0 bridgehead atoms. The molecule has 1 heterocycles. The molecule has 2 rings (SSSR count). The van der Waals surface area contributed by atoms with Crippen LogP contribution in [0.1, 0.15) is 33.5 Å². The molecule has 1 amide bonds. The third kappa shape index (κ3) is 3.03. The molecule has 22 heavy (non-hydrogen) atoms. The highest BCUT2D eigenvalue weighted by Gasteiger charge is 2.21. The Morgan fingerprint density at radius 3 is 2.36 bits per heavy atom. The van der Waals surface area contributed by atoms with Gasteiger partial charge in [0.1, 0.15) is 12.4 Å². The molecule has 0 aliphatic rings. The Labute approximate surface area is 130 Å². The maximum Gasteiger partial charge on any atom is 0.261 e. The lowest BCUT2D eigenvalue weighted by molar-refractivity contribution is -0.135. The molecule has 1 aromatic heterocycles. The molecular formula is C17H23N3O2. The number of aryl methyl sites for hydroxylation is 1. The van der Waals surface area contributed by atoms with E-state index in [-0.39, 0.29) is 30.1 Å². The van der Waals surface area contributed by atoms with Crippen LogP contribution in [0, 0.1) is 6.92 Å². The standard InChI is InChI=1S/C17H23N3O2/c1-11(2)20(12(3)4)16(21)10-19-13(5)18-15-9-7-6-8-14(15)17(19)22/h6-9,11-12H,10H2,1-5H3. The van der Waals surface area contributed by atoms with Crippen molar-refractivity contribution in [2.45, 2.75) is 53.2 Å². The van der Waals surface area contributed by atoms with Crippen LogP contribution in [-0.2, 0) is 11.3 Å². The molecule has 5 nitrogen and oxygen atoms in total. The fourth-order valence-electron chi connectivity index (χ4n) is 2.85. The van der Waals surface area contributed by atoms with Crippen LogP contribution in [0.15, 0.2) is 29.1 Å². The van der Waals surface area contributed by atoms with Crippen molar-refractivity contribution >= 4 is 16.8 Å². The fraction of sp³-hybridized carbons (Fsp3) is 0.471. The number of benzene rings is 1. The van der Waals surface area contributed by atoms with Crippen LogP contribution in [0.3, 0.4) is 0 Å². The first-order chi connectivity index (χ1) is 10.3. The summed E-state index contributed by atoms with van der Waals surface area (Å²) in [6.07, 6.45) is 0. The summed E-state index contributed by atoms with van der Waals surface area (Å²) in [6.45, 7) is 9.70. The Balaban J connectivity index is 2.44. The highest BCUT2D eigenvalue weighted by molar-refractivity contribution is 5.79. The number of hydrogen-bond acceptors (Lipinski definition) is 3. The number of amides is 1. The van der Waals surface area contributed by atoms with Gasteiger partial charge in [-0.15, -0.1) is 0 Å². The van der Waals surface area contributed by atoms with E-state index in [0.717, 1.165) is 0 Å². The zero-order valence-electron chi connectivity index (χ0n) is 13.8. The fourth-order valence-corrected chi connectivity index (χ4v) is 2.85. The van der Waals surface area contributed by atoms with E-state index < -0.39 is 0 Å². The Morgan fingerprint density at radius 2 is 1.77 bits per heavy atom. The van der Waals surface area contributed by atoms with Gasteiger partial charge in [-0.05, 0) is 46.8 Å². The summed E-state index contributed by atoms with van der Waals surface area (Å²) in [7, 11) is 0. The molecule has 0 saturated heterocycles. The van der Waals surface area contributed by atoms with Crippen molar-refractivity contribution in [2.75, 3.05) is 0 Å². The van der Waals surface area contributed by atoms with Crippen LogP contribution in [0.4, 0.5) is 0 Å². The van der Waals surface area contributed by atoms with Gasteiger partial charge in [-0.2, -0.15) is 0 Å². The SMILES string of the molecule is Cc1nc2ccccc2c(=O)n1CC(=O)N(C(C)C)C(C)C. The van der Waals surface area contributed by atoms with Crippen LogP contribution in [0.5, 0.6) is 0 Å². The lowest BCUT2D eigenvalue weighted by atomic mass is 10.2. The lowest BCUT2D eigenvalue weighted by Crippen LogP contribution is -2.45. The molecule has 0 saturated carbocycles. The molecule has 1 aromatic carbocycles. The summed E-state index contributed by atoms with van der Waals surface area (Å²) >= 11 is 0. The van der Waals surface area contributed by atoms with Gasteiger partial charge in [-0.1, -0.05) is 12.1 Å². The van der Waals surface area contributed by atoms with Crippen molar-refractivity contribution in [3.63, 3.8) is 0 Å². The van der Waals surface area contributed by atoms with Gasteiger partial charge in [-0.25, -0.2) is 4.98 Å². The van der Waals surface area contributed by atoms with Crippen LogP contribution < -0.4 is 5.56 Å². The van der Waals surface area contributed by atoms with Crippen molar-refractivity contribution in [3.05, 3.63) is 40.4 Å². The van der Waals surface area contributed by atoms with Crippen LogP contribution in [0.25, 0.3) is 10.9 Å². The largest absolute Gasteiger partial charge is 0.336 e. The molecule has 0 spiro atoms. The van der Waals surface area contributed by atoms with E-state index in [1.807, 2.05) is 39.8 Å². The summed E-state index contributed by atoms with van der Waals surface area (Å²) in [5.74, 6) is 0.497. The number of carbonyl (C=O) groups is 1. The summed E-state index contributed by atoms with van der Waals surface area (Å²) in [5.41, 5.74) is 0.502. The number of aromatic nitrogens is 2. The summed E-state index contributed by atoms with van der Waals surface area (Å²) in [5, 5.41) is 0.543. The molecule has 118 valence electrons. The van der Waals surface area contributed by atoms with E-state index in [2.05, 4.69) is 4.98 Å². The maximum absolute atomic E-state index is 12.6. The van der Waals surface area contributed by atoms with E-state index in [1.165, 1.54) is 4.57 Å². The number of fused-ring (bicyclic) bond motifs is 1. The first-order valence-corrected chi connectivity index (χ1v) is 7.60. The molecule has 0 fully saturated rings. The predicted molar refractivity (Wildman–Crippen MR) is 87.9 cm³/mol. The zero-order valence-corrected chi connectivity index (χ0v) is 13.8. The van der Waals surface area contributed by atoms with Gasteiger partial charge in [0.05, 0.1) is 10.9 Å². The van der Waals surface area contributed by atoms with E-state index in [9.17, 15) is 9.59 Å². The molecule has 0 radical (unpaired) electrons. The number of rotatable bonds is 4. The molecule has 5 heteroatoms. The first-order valence-electron chi connectivity index (χ1n) is 7.60. The van der Waals surface area contributed by atoms with Crippen molar-refractivity contribution in [1.82, 2.24) is 14.5 Å². The van der Waals surface area contributed by atoms with E-state index in [0.29, 0.717) is 16.7 Å². The number of para-hydroxylation sites is 1. The third-order valence-corrected chi connectivity index (χ3v) is 3.75. The first kappa shape index (κ1) is 16.2. The monoisotopic (exact) mass is 301 g/mol. The highest BCUT2D eigenvalue weighted by Crippen LogP contribution is 2.10. The highest BCUT2D eigenvalue weighted by atomic mass is 16.2. The Morgan fingerprint density at radius 1 is 1.18 bits per heavy atom. The second kappa shape index (κ2) is 6.30. The normalized spacial score (nSPS) is 11.4. The number of hydrogen-bond donors (Lipinski definition) is 0. The molecule has 0 aliphatic heterocycles. The molecule has 2 aromatic rings. The molecule has 0 atom stereocenters. The second-order valence-electron chi connectivity index (χ2n) is 6.06. The van der Waals surface area contributed by atoms with Crippen LogP contribution >= 0.6 is 0 Å². The van der Waals surface area contributed by atoms with Gasteiger partial charge >= 0.3 is 0 Å². The minimum atomic E-state index is -0.163. The topological polar surface area (TPSA) is 55.2 Å². The Kier molecular flexibility index (Phi) is 4.64. The quantitative estimate of drug-likeness (QED) is 0.871. The minimum absolute atomic E-state index is 0.0266. The maximum atomic E-state index is 12.6. The zero-order chi connectivity index (χ0) is 16.4. The molecule has 0 N–H and O–H groups in total. The summed E-state index contributed by atoms with van der Waals surface area (Å²) in [4.78, 5) is 31.4. The molecule has 0 aliphatic carbocycles. The van der Waals surface area contributed by atoms with E-state index in [4.69, 9.17) is 0 Å². The van der Waals surface area contributed by atoms with Crippen LogP contribution in [0.2, 0.25) is 0 Å². The van der Waals surface area contributed by atoms with Crippen molar-refractivity contribution in [3.8, 4) is 0 Å². The minimum Gasteiger partial charge on any atom is -0.336 e. The number of nitrogens with zero attached hydrogens (tertiary/aromatic N) is 3. The van der Waals surface area contributed by atoms with Gasteiger partial charge in [0, 0.05) is 12.1 Å². The van der Waals surface area contributed by atoms with Gasteiger partial charge in [0.15, 0.2) is 0 Å².